The number of Topliss-reactive ketones (excluding diaryl/α,β-unsaturated/α-hetero) is 1. The van der Waals surface area contributed by atoms with Crippen molar-refractivity contribution < 1.29 is 13.6 Å². The van der Waals surface area contributed by atoms with Gasteiger partial charge in [0, 0.05) is 23.0 Å². The quantitative estimate of drug-likeness (QED) is 0.710. The van der Waals surface area contributed by atoms with Crippen molar-refractivity contribution in [3.05, 3.63) is 94.6 Å². The van der Waals surface area contributed by atoms with E-state index in [1.165, 1.54) is 24.3 Å². The van der Waals surface area contributed by atoms with Gasteiger partial charge < -0.3 is 0 Å². The summed E-state index contributed by atoms with van der Waals surface area (Å²) in [6, 6.07) is 12.3. The maximum absolute atomic E-state index is 13.4. The number of rotatable bonds is 2. The molecule has 0 saturated heterocycles. The Kier molecular flexibility index (Phi) is 2.96. The van der Waals surface area contributed by atoms with E-state index in [-0.39, 0.29) is 29.3 Å². The molecule has 0 fully saturated rings. The highest BCUT2D eigenvalue weighted by atomic mass is 19.1. The van der Waals surface area contributed by atoms with Gasteiger partial charge in [-0.3, -0.25) is 4.79 Å². The molecule has 0 aromatic heterocycles. The SMILES string of the molecule is O=C1C(c2ccc(F)cc2)=C(c2ccc(F)cc2)C2=C1C1C=CC2C1. The number of allylic oxidation sites excluding steroid dienone is 6. The van der Waals surface area contributed by atoms with Crippen LogP contribution in [-0.4, -0.2) is 5.78 Å². The molecule has 1 nitrogen and oxygen atoms in total. The summed E-state index contributed by atoms with van der Waals surface area (Å²) >= 11 is 0. The van der Waals surface area contributed by atoms with Crippen molar-refractivity contribution in [1.29, 1.82) is 0 Å². The number of carbonyl (C=O) groups excluding carboxylic acids is 1. The monoisotopic (exact) mass is 332 g/mol. The number of carbonyl (C=O) groups is 1. The number of halogens is 2. The first-order valence-corrected chi connectivity index (χ1v) is 8.37. The molecule has 0 amide bonds. The Hall–Kier alpha value is -2.81. The normalized spacial score (nSPS) is 23.8. The van der Waals surface area contributed by atoms with E-state index >= 15 is 0 Å². The summed E-state index contributed by atoms with van der Waals surface area (Å²) in [5.41, 5.74) is 4.97. The first-order valence-electron chi connectivity index (χ1n) is 8.37. The zero-order valence-corrected chi connectivity index (χ0v) is 13.3. The van der Waals surface area contributed by atoms with Gasteiger partial charge in [0.1, 0.15) is 11.6 Å². The second-order valence-corrected chi connectivity index (χ2v) is 6.75. The minimum atomic E-state index is -0.333. The van der Waals surface area contributed by atoms with E-state index in [9.17, 15) is 13.6 Å². The van der Waals surface area contributed by atoms with Crippen molar-refractivity contribution in [2.75, 3.05) is 0 Å². The van der Waals surface area contributed by atoms with Crippen LogP contribution in [0.3, 0.4) is 0 Å². The van der Waals surface area contributed by atoms with Crippen LogP contribution in [0.1, 0.15) is 17.5 Å². The van der Waals surface area contributed by atoms with Crippen molar-refractivity contribution in [2.45, 2.75) is 6.42 Å². The molecule has 5 rings (SSSR count). The molecule has 3 aliphatic carbocycles. The van der Waals surface area contributed by atoms with Crippen LogP contribution < -0.4 is 0 Å². The smallest absolute Gasteiger partial charge is 0.191 e. The van der Waals surface area contributed by atoms with Crippen LogP contribution in [0.25, 0.3) is 11.1 Å². The van der Waals surface area contributed by atoms with Crippen LogP contribution >= 0.6 is 0 Å². The zero-order chi connectivity index (χ0) is 17.1. The summed E-state index contributed by atoms with van der Waals surface area (Å²) < 4.78 is 26.7. The highest BCUT2D eigenvalue weighted by molar-refractivity contribution is 6.41. The van der Waals surface area contributed by atoms with Crippen molar-refractivity contribution in [2.24, 2.45) is 11.8 Å². The summed E-state index contributed by atoms with van der Waals surface area (Å²) in [5.74, 6) is -0.208. The van der Waals surface area contributed by atoms with Gasteiger partial charge in [0.25, 0.3) is 0 Å². The van der Waals surface area contributed by atoms with Crippen LogP contribution in [0.2, 0.25) is 0 Å². The topological polar surface area (TPSA) is 17.1 Å². The van der Waals surface area contributed by atoms with Gasteiger partial charge in [-0.1, -0.05) is 36.4 Å². The number of benzene rings is 2. The van der Waals surface area contributed by atoms with Crippen LogP contribution in [0.4, 0.5) is 8.78 Å². The molecule has 0 N–H and O–H groups in total. The van der Waals surface area contributed by atoms with E-state index in [4.69, 9.17) is 0 Å². The summed E-state index contributed by atoms with van der Waals surface area (Å²) in [6.45, 7) is 0. The molecule has 2 atom stereocenters. The zero-order valence-electron chi connectivity index (χ0n) is 13.3. The van der Waals surface area contributed by atoms with E-state index in [1.807, 2.05) is 0 Å². The van der Waals surface area contributed by atoms with E-state index in [0.717, 1.165) is 28.7 Å². The second kappa shape index (κ2) is 5.09. The Labute approximate surface area is 144 Å². The summed E-state index contributed by atoms with van der Waals surface area (Å²) in [4.78, 5) is 13.2. The Morgan fingerprint density at radius 3 is 1.72 bits per heavy atom. The van der Waals surface area contributed by atoms with Gasteiger partial charge in [0.05, 0.1) is 0 Å². The van der Waals surface area contributed by atoms with Crippen LogP contribution in [0.5, 0.6) is 0 Å². The Morgan fingerprint density at radius 2 is 1.16 bits per heavy atom. The van der Waals surface area contributed by atoms with Crippen LogP contribution in [0, 0.1) is 23.5 Å². The average Bonchev–Trinajstić information content (AvgIpc) is 3.29. The molecule has 3 heteroatoms. The first-order chi connectivity index (χ1) is 12.1. The number of fused-ring (bicyclic) bond motifs is 4. The summed E-state index contributed by atoms with van der Waals surface area (Å²) in [5, 5.41) is 0. The molecule has 2 aromatic rings. The van der Waals surface area contributed by atoms with Gasteiger partial charge in [0.2, 0.25) is 0 Å². The molecule has 122 valence electrons. The first kappa shape index (κ1) is 14.5. The predicted molar refractivity (Wildman–Crippen MR) is 92.4 cm³/mol. The highest BCUT2D eigenvalue weighted by Gasteiger charge is 2.46. The molecular formula is C22H14F2O. The Balaban J connectivity index is 1.76. The van der Waals surface area contributed by atoms with Crippen molar-refractivity contribution in [1.82, 2.24) is 0 Å². The Morgan fingerprint density at radius 1 is 0.680 bits per heavy atom. The molecular weight excluding hydrogens is 318 g/mol. The molecule has 2 aromatic carbocycles. The number of ketones is 1. The molecule has 0 spiro atoms. The molecule has 0 radical (unpaired) electrons. The molecule has 2 bridgehead atoms. The lowest BCUT2D eigenvalue weighted by Gasteiger charge is -2.15. The third-order valence-corrected chi connectivity index (χ3v) is 5.37. The molecule has 0 aliphatic heterocycles. The second-order valence-electron chi connectivity index (χ2n) is 6.75. The highest BCUT2D eigenvalue weighted by Crippen LogP contribution is 2.56. The van der Waals surface area contributed by atoms with Gasteiger partial charge in [-0.05, 0) is 53.0 Å². The molecule has 0 saturated carbocycles. The number of hydrogen-bond acceptors (Lipinski definition) is 1. The fourth-order valence-corrected chi connectivity index (χ4v) is 4.33. The maximum Gasteiger partial charge on any atom is 0.191 e. The van der Waals surface area contributed by atoms with Crippen LogP contribution in [-0.2, 0) is 4.79 Å². The van der Waals surface area contributed by atoms with Gasteiger partial charge in [0.15, 0.2) is 5.78 Å². The minimum absolute atomic E-state index is 0.0257. The summed E-state index contributed by atoms with van der Waals surface area (Å²) in [6.07, 6.45) is 5.21. The predicted octanol–water partition coefficient (Wildman–Crippen LogP) is 4.96. The maximum atomic E-state index is 13.4. The molecule has 0 heterocycles. The van der Waals surface area contributed by atoms with Crippen molar-refractivity contribution >= 4 is 16.9 Å². The average molecular weight is 332 g/mol. The van der Waals surface area contributed by atoms with E-state index < -0.39 is 0 Å². The standard InChI is InChI=1S/C22H14F2O/c23-16-7-3-12(4-8-16)18-19-14-1-2-15(11-14)21(19)22(25)20(18)13-5-9-17(24)10-6-13/h1-10,14-15H,11H2. The lowest BCUT2D eigenvalue weighted by molar-refractivity contribution is -0.110. The number of hydrogen-bond donors (Lipinski definition) is 0. The summed E-state index contributed by atoms with van der Waals surface area (Å²) in [7, 11) is 0. The van der Waals surface area contributed by atoms with E-state index in [2.05, 4.69) is 12.2 Å². The van der Waals surface area contributed by atoms with Crippen molar-refractivity contribution in [3.8, 4) is 0 Å². The van der Waals surface area contributed by atoms with E-state index in [0.29, 0.717) is 11.1 Å². The fourth-order valence-electron chi connectivity index (χ4n) is 4.33. The van der Waals surface area contributed by atoms with Gasteiger partial charge >= 0.3 is 0 Å². The Bertz CT molecular complexity index is 991. The van der Waals surface area contributed by atoms with Crippen molar-refractivity contribution in [3.63, 3.8) is 0 Å². The third-order valence-electron chi connectivity index (χ3n) is 5.37. The fraction of sp³-hybridized carbons (Fsp3) is 0.136. The molecule has 3 aliphatic rings. The minimum Gasteiger partial charge on any atom is -0.289 e. The largest absolute Gasteiger partial charge is 0.289 e. The third kappa shape index (κ3) is 2.02. The molecule has 2 unspecified atom stereocenters. The van der Waals surface area contributed by atoms with Gasteiger partial charge in [-0.25, -0.2) is 8.78 Å². The van der Waals surface area contributed by atoms with Gasteiger partial charge in [-0.2, -0.15) is 0 Å². The lowest BCUT2D eigenvalue weighted by Crippen LogP contribution is -2.07. The van der Waals surface area contributed by atoms with Gasteiger partial charge in [-0.15, -0.1) is 0 Å². The van der Waals surface area contributed by atoms with E-state index in [1.54, 1.807) is 24.3 Å². The van der Waals surface area contributed by atoms with Crippen LogP contribution in [0.15, 0.2) is 71.8 Å². The molecule has 25 heavy (non-hydrogen) atoms. The lowest BCUT2D eigenvalue weighted by atomic mass is 9.88.